The highest BCUT2D eigenvalue weighted by Gasteiger charge is 2.32. The summed E-state index contributed by atoms with van der Waals surface area (Å²) in [6.07, 6.45) is -2.35. The van der Waals surface area contributed by atoms with Gasteiger partial charge in [0.2, 0.25) is 17.5 Å². The van der Waals surface area contributed by atoms with Crippen LogP contribution in [0.4, 0.5) is 0 Å². The molecule has 12 heteroatoms. The first-order valence-electron chi connectivity index (χ1n) is 8.00. The monoisotopic (exact) mass is 389 g/mol. The lowest BCUT2D eigenvalue weighted by atomic mass is 9.96. The molecule has 0 radical (unpaired) electrons. The maximum absolute atomic E-state index is 12.2. The van der Waals surface area contributed by atoms with E-state index in [-0.39, 0.29) is 12.8 Å². The molecule has 0 bridgehead atoms. The van der Waals surface area contributed by atoms with E-state index in [4.69, 9.17) is 26.8 Å². The molecular formula is C15H23N3O9. The molecule has 0 spiro atoms. The molecule has 0 saturated heterocycles. The maximum atomic E-state index is 12.2. The fourth-order valence-corrected chi connectivity index (χ4v) is 1.99. The first-order valence-corrected chi connectivity index (χ1v) is 8.00. The molecule has 0 fully saturated rings. The van der Waals surface area contributed by atoms with E-state index < -0.39 is 79.2 Å². The zero-order chi connectivity index (χ0) is 21.1. The zero-order valence-corrected chi connectivity index (χ0v) is 14.4. The number of hydrogen-bond acceptors (Lipinski definition) is 8. The summed E-state index contributed by atoms with van der Waals surface area (Å²) in [6.45, 7) is 0. The SMILES string of the molecule is N[C@@H](CCC(=O)O)C(=O)N[C@@H](CCC(=O)O)C(=O)C(=O)[C@@H](N)CCC(=O)O. The van der Waals surface area contributed by atoms with Gasteiger partial charge in [0.05, 0.1) is 18.1 Å². The van der Waals surface area contributed by atoms with E-state index in [1.807, 2.05) is 0 Å². The molecule has 1 amide bonds. The van der Waals surface area contributed by atoms with Crippen molar-refractivity contribution < 1.29 is 44.1 Å². The van der Waals surface area contributed by atoms with Crippen molar-refractivity contribution in [3.63, 3.8) is 0 Å². The molecule has 0 aliphatic carbocycles. The highest BCUT2D eigenvalue weighted by molar-refractivity contribution is 6.41. The van der Waals surface area contributed by atoms with Gasteiger partial charge in [-0.1, -0.05) is 0 Å². The highest BCUT2D eigenvalue weighted by atomic mass is 16.4. The number of carbonyl (C=O) groups excluding carboxylic acids is 3. The smallest absolute Gasteiger partial charge is 0.303 e. The van der Waals surface area contributed by atoms with Crippen LogP contribution in [-0.2, 0) is 28.8 Å². The standard InChI is InChI=1S/C15H23N3O9/c16-7(1-4-10(19)20)13(25)14(26)9(3-6-12(23)24)18-15(27)8(17)2-5-11(21)22/h7-9H,1-6,16-17H2,(H,18,27)(H,19,20)(H,21,22)(H,23,24)/t7-,8-,9-/m0/s1. The second-order valence-corrected chi connectivity index (χ2v) is 5.80. The zero-order valence-electron chi connectivity index (χ0n) is 14.4. The van der Waals surface area contributed by atoms with E-state index in [1.54, 1.807) is 0 Å². The number of hydrogen-bond donors (Lipinski definition) is 6. The lowest BCUT2D eigenvalue weighted by Gasteiger charge is -2.20. The van der Waals surface area contributed by atoms with Crippen LogP contribution in [0.15, 0.2) is 0 Å². The molecule has 3 atom stereocenters. The average molecular weight is 389 g/mol. The summed E-state index contributed by atoms with van der Waals surface area (Å²) in [7, 11) is 0. The number of aliphatic carboxylic acids is 3. The van der Waals surface area contributed by atoms with Crippen molar-refractivity contribution in [1.29, 1.82) is 0 Å². The van der Waals surface area contributed by atoms with Crippen LogP contribution >= 0.6 is 0 Å². The van der Waals surface area contributed by atoms with Crippen LogP contribution in [0.25, 0.3) is 0 Å². The minimum atomic E-state index is -1.52. The van der Waals surface area contributed by atoms with Gasteiger partial charge in [0, 0.05) is 19.3 Å². The van der Waals surface area contributed by atoms with Crippen molar-refractivity contribution in [2.75, 3.05) is 0 Å². The van der Waals surface area contributed by atoms with Gasteiger partial charge in [-0.25, -0.2) is 0 Å². The molecular weight excluding hydrogens is 366 g/mol. The Balaban J connectivity index is 5.05. The molecule has 12 nitrogen and oxygen atoms in total. The number of rotatable bonds is 14. The van der Waals surface area contributed by atoms with Gasteiger partial charge >= 0.3 is 17.9 Å². The number of carbonyl (C=O) groups is 6. The van der Waals surface area contributed by atoms with Crippen molar-refractivity contribution >= 4 is 35.4 Å². The number of ketones is 2. The topological polar surface area (TPSA) is 227 Å². The van der Waals surface area contributed by atoms with E-state index in [0.29, 0.717) is 0 Å². The Morgan fingerprint density at radius 2 is 1.07 bits per heavy atom. The molecule has 0 aromatic rings. The summed E-state index contributed by atoms with van der Waals surface area (Å²) < 4.78 is 0. The second kappa shape index (κ2) is 11.7. The Morgan fingerprint density at radius 3 is 1.52 bits per heavy atom. The van der Waals surface area contributed by atoms with E-state index in [9.17, 15) is 28.8 Å². The number of nitrogens with one attached hydrogen (secondary N) is 1. The lowest BCUT2D eigenvalue weighted by molar-refractivity contribution is -0.142. The third-order valence-corrected chi connectivity index (χ3v) is 3.53. The predicted molar refractivity (Wildman–Crippen MR) is 88.5 cm³/mol. The minimum absolute atomic E-state index is 0.229. The van der Waals surface area contributed by atoms with Crippen LogP contribution < -0.4 is 16.8 Å². The van der Waals surface area contributed by atoms with Crippen LogP contribution in [0.3, 0.4) is 0 Å². The summed E-state index contributed by atoms with van der Waals surface area (Å²) in [5.74, 6) is -6.92. The fourth-order valence-electron chi connectivity index (χ4n) is 1.99. The van der Waals surface area contributed by atoms with Crippen molar-refractivity contribution in [2.24, 2.45) is 11.5 Å². The summed E-state index contributed by atoms with van der Waals surface area (Å²) in [6, 6.07) is -4.22. The average Bonchev–Trinajstić information content (AvgIpc) is 2.59. The third kappa shape index (κ3) is 10.0. The van der Waals surface area contributed by atoms with Crippen molar-refractivity contribution in [3.8, 4) is 0 Å². The first kappa shape index (κ1) is 24.1. The van der Waals surface area contributed by atoms with Crippen molar-refractivity contribution in [1.82, 2.24) is 5.32 Å². The maximum Gasteiger partial charge on any atom is 0.303 e. The van der Waals surface area contributed by atoms with Crippen LogP contribution in [0.5, 0.6) is 0 Å². The Morgan fingerprint density at radius 1 is 0.667 bits per heavy atom. The molecule has 0 heterocycles. The second-order valence-electron chi connectivity index (χ2n) is 5.80. The van der Waals surface area contributed by atoms with E-state index in [2.05, 4.69) is 5.32 Å². The molecule has 0 unspecified atom stereocenters. The lowest BCUT2D eigenvalue weighted by Crippen LogP contribution is -2.52. The van der Waals surface area contributed by atoms with E-state index >= 15 is 0 Å². The van der Waals surface area contributed by atoms with Gasteiger partial charge in [0.25, 0.3) is 0 Å². The van der Waals surface area contributed by atoms with Crippen LogP contribution in [0.1, 0.15) is 38.5 Å². The molecule has 0 aromatic heterocycles. The Bertz CT molecular complexity index is 605. The number of amides is 1. The molecule has 152 valence electrons. The van der Waals surface area contributed by atoms with Crippen LogP contribution in [0.2, 0.25) is 0 Å². The number of carboxylic acids is 3. The fraction of sp³-hybridized carbons (Fsp3) is 0.600. The first-order chi connectivity index (χ1) is 12.5. The number of nitrogens with two attached hydrogens (primary N) is 2. The van der Waals surface area contributed by atoms with Crippen molar-refractivity contribution in [3.05, 3.63) is 0 Å². The van der Waals surface area contributed by atoms with Crippen molar-refractivity contribution in [2.45, 2.75) is 56.7 Å². The predicted octanol–water partition coefficient (Wildman–Crippen LogP) is -2.14. The summed E-state index contributed by atoms with van der Waals surface area (Å²) in [5.41, 5.74) is 11.0. The highest BCUT2D eigenvalue weighted by Crippen LogP contribution is 2.06. The molecule has 27 heavy (non-hydrogen) atoms. The Hall–Kier alpha value is -2.86. The van der Waals surface area contributed by atoms with E-state index in [1.165, 1.54) is 0 Å². The number of Topliss-reactive ketones (excluding diaryl/α,β-unsaturated/α-hetero) is 2. The van der Waals surface area contributed by atoms with Gasteiger partial charge in [-0.2, -0.15) is 0 Å². The van der Waals surface area contributed by atoms with Gasteiger partial charge in [-0.15, -0.1) is 0 Å². The Labute approximate surface area is 153 Å². The summed E-state index contributed by atoms with van der Waals surface area (Å²) in [5, 5.41) is 28.0. The minimum Gasteiger partial charge on any atom is -0.481 e. The van der Waals surface area contributed by atoms with Gasteiger partial charge < -0.3 is 32.1 Å². The molecule has 0 aromatic carbocycles. The third-order valence-electron chi connectivity index (χ3n) is 3.53. The van der Waals surface area contributed by atoms with Crippen LogP contribution in [-0.4, -0.2) is 68.8 Å². The quantitative estimate of drug-likeness (QED) is 0.176. The largest absolute Gasteiger partial charge is 0.481 e. The normalized spacial score (nSPS) is 13.9. The Kier molecular flexibility index (Phi) is 10.5. The molecule has 0 aliphatic rings. The molecule has 8 N–H and O–H groups in total. The van der Waals surface area contributed by atoms with Gasteiger partial charge in [-0.3, -0.25) is 28.8 Å². The van der Waals surface area contributed by atoms with Gasteiger partial charge in [-0.05, 0) is 19.3 Å². The molecule has 0 aliphatic heterocycles. The van der Waals surface area contributed by atoms with Crippen LogP contribution in [0, 0.1) is 0 Å². The summed E-state index contributed by atoms with van der Waals surface area (Å²) in [4.78, 5) is 68.0. The number of carboxylic acid groups (broad SMARTS) is 3. The molecule has 0 saturated carbocycles. The summed E-state index contributed by atoms with van der Waals surface area (Å²) >= 11 is 0. The van der Waals surface area contributed by atoms with Gasteiger partial charge in [0.1, 0.15) is 0 Å². The van der Waals surface area contributed by atoms with Gasteiger partial charge in [0.15, 0.2) is 0 Å². The molecule has 0 rings (SSSR count). The van der Waals surface area contributed by atoms with E-state index in [0.717, 1.165) is 0 Å².